The van der Waals surface area contributed by atoms with Gasteiger partial charge >= 0.3 is 0 Å². The number of phenolic OH excluding ortho intramolecular Hbond substituents is 1. The Morgan fingerprint density at radius 1 is 1.62 bits per heavy atom. The molecule has 0 bridgehead atoms. The molecule has 0 heterocycles. The van der Waals surface area contributed by atoms with Crippen LogP contribution in [0.2, 0.25) is 0 Å². The minimum absolute atomic E-state index is 0.00213. The van der Waals surface area contributed by atoms with Gasteiger partial charge < -0.3 is 10.8 Å². The molecule has 1 aromatic rings. The summed E-state index contributed by atoms with van der Waals surface area (Å²) in [6.45, 7) is -0.0782. The molecule has 3 N–H and O–H groups in total. The van der Waals surface area contributed by atoms with E-state index in [0.29, 0.717) is 5.56 Å². The molecule has 70 valence electrons. The molecule has 0 fully saturated rings. The van der Waals surface area contributed by atoms with Crippen molar-refractivity contribution in [2.75, 3.05) is 12.8 Å². The lowest BCUT2D eigenvalue weighted by Crippen LogP contribution is -2.14. The summed E-state index contributed by atoms with van der Waals surface area (Å²) in [5.41, 5.74) is 5.56. The third-order valence-electron chi connectivity index (χ3n) is 1.69. The van der Waals surface area contributed by atoms with Crippen LogP contribution < -0.4 is 5.73 Å². The largest absolute Gasteiger partial charge is 0.507 e. The van der Waals surface area contributed by atoms with Crippen molar-refractivity contribution in [1.82, 2.24) is 0 Å². The van der Waals surface area contributed by atoms with Crippen LogP contribution in [0, 0.1) is 0 Å². The van der Waals surface area contributed by atoms with Gasteiger partial charge in [0.25, 0.3) is 0 Å². The van der Waals surface area contributed by atoms with Gasteiger partial charge in [-0.25, -0.2) is 0 Å². The average molecular weight is 197 g/mol. The summed E-state index contributed by atoms with van der Waals surface area (Å²) in [4.78, 5) is 12.1. The van der Waals surface area contributed by atoms with E-state index in [2.05, 4.69) is 0 Å². The van der Waals surface area contributed by atoms with Crippen molar-refractivity contribution in [3.05, 3.63) is 23.8 Å². The number of rotatable bonds is 3. The Bertz CT molecular complexity index is 325. The number of phenols is 1. The van der Waals surface area contributed by atoms with E-state index in [1.54, 1.807) is 12.1 Å². The van der Waals surface area contributed by atoms with Crippen molar-refractivity contribution >= 4 is 17.5 Å². The van der Waals surface area contributed by atoms with Crippen LogP contribution in [0.15, 0.2) is 23.1 Å². The van der Waals surface area contributed by atoms with Gasteiger partial charge in [0.2, 0.25) is 0 Å². The number of benzene rings is 1. The molecular weight excluding hydrogens is 186 g/mol. The molecule has 13 heavy (non-hydrogen) atoms. The summed E-state index contributed by atoms with van der Waals surface area (Å²) in [6, 6.07) is 4.98. The number of hydrogen-bond acceptors (Lipinski definition) is 4. The zero-order chi connectivity index (χ0) is 9.84. The highest BCUT2D eigenvalue weighted by atomic mass is 32.2. The van der Waals surface area contributed by atoms with Gasteiger partial charge in [-0.2, -0.15) is 0 Å². The molecule has 0 saturated heterocycles. The summed E-state index contributed by atoms with van der Waals surface area (Å²) in [5.74, 6) is -0.232. The molecule has 0 aromatic heterocycles. The summed E-state index contributed by atoms with van der Waals surface area (Å²) in [6.07, 6.45) is 1.85. The minimum atomic E-state index is -0.234. The van der Waals surface area contributed by atoms with Gasteiger partial charge in [0, 0.05) is 4.90 Å². The van der Waals surface area contributed by atoms with Crippen LogP contribution in [0.4, 0.5) is 0 Å². The second kappa shape index (κ2) is 4.30. The van der Waals surface area contributed by atoms with Crippen molar-refractivity contribution in [2.45, 2.75) is 4.90 Å². The normalized spacial score (nSPS) is 10.0. The molecule has 4 heteroatoms. The topological polar surface area (TPSA) is 63.3 Å². The standard InChI is InChI=1S/C9H11NO2S/c1-13-8-4-2-3-6(11)9(8)7(12)5-10/h2-4,11H,5,10H2,1H3. The molecule has 0 amide bonds. The van der Waals surface area contributed by atoms with Crippen LogP contribution >= 0.6 is 11.8 Å². The zero-order valence-corrected chi connectivity index (χ0v) is 8.10. The summed E-state index contributed by atoms with van der Waals surface area (Å²) >= 11 is 1.42. The highest BCUT2D eigenvalue weighted by molar-refractivity contribution is 7.98. The van der Waals surface area contributed by atoms with Crippen LogP contribution in [-0.4, -0.2) is 23.7 Å². The maximum Gasteiger partial charge on any atom is 0.181 e. The lowest BCUT2D eigenvalue weighted by Gasteiger charge is -2.06. The maximum absolute atomic E-state index is 11.3. The zero-order valence-electron chi connectivity index (χ0n) is 7.28. The van der Waals surface area contributed by atoms with Gasteiger partial charge in [-0.1, -0.05) is 6.07 Å². The van der Waals surface area contributed by atoms with E-state index in [-0.39, 0.29) is 18.1 Å². The number of ketones is 1. The van der Waals surface area contributed by atoms with E-state index in [1.807, 2.05) is 6.26 Å². The highest BCUT2D eigenvalue weighted by Crippen LogP contribution is 2.27. The van der Waals surface area contributed by atoms with E-state index in [9.17, 15) is 9.90 Å². The molecular formula is C9H11NO2S. The van der Waals surface area contributed by atoms with E-state index in [0.717, 1.165) is 4.90 Å². The summed E-state index contributed by atoms with van der Waals surface area (Å²) in [7, 11) is 0. The fraction of sp³-hybridized carbons (Fsp3) is 0.222. The predicted octanol–water partition coefficient (Wildman–Crippen LogP) is 1.26. The Hall–Kier alpha value is -1.00. The lowest BCUT2D eigenvalue weighted by molar-refractivity contribution is 0.0996. The number of Topliss-reactive ketones (excluding diaryl/α,β-unsaturated/α-hetero) is 1. The van der Waals surface area contributed by atoms with Crippen LogP contribution in [0.3, 0.4) is 0 Å². The SMILES string of the molecule is CSc1cccc(O)c1C(=O)CN. The Balaban J connectivity index is 3.22. The van der Waals surface area contributed by atoms with E-state index in [1.165, 1.54) is 17.8 Å². The van der Waals surface area contributed by atoms with Gasteiger partial charge in [0.1, 0.15) is 5.75 Å². The molecule has 0 aliphatic carbocycles. The Labute approximate surface area is 80.9 Å². The van der Waals surface area contributed by atoms with Crippen molar-refractivity contribution in [3.63, 3.8) is 0 Å². The van der Waals surface area contributed by atoms with Crippen LogP contribution in [-0.2, 0) is 0 Å². The first kappa shape index (κ1) is 10.1. The first-order valence-electron chi connectivity index (χ1n) is 3.80. The number of aromatic hydroxyl groups is 1. The molecule has 1 rings (SSSR count). The van der Waals surface area contributed by atoms with Gasteiger partial charge in [-0.15, -0.1) is 11.8 Å². The average Bonchev–Trinajstić information content (AvgIpc) is 2.16. The van der Waals surface area contributed by atoms with Crippen molar-refractivity contribution in [2.24, 2.45) is 5.73 Å². The maximum atomic E-state index is 11.3. The summed E-state index contributed by atoms with van der Waals surface area (Å²) in [5, 5.41) is 9.43. The Kier molecular flexibility index (Phi) is 3.33. The van der Waals surface area contributed by atoms with Gasteiger partial charge in [0.05, 0.1) is 12.1 Å². The second-order valence-electron chi connectivity index (χ2n) is 2.48. The first-order chi connectivity index (χ1) is 6.20. The predicted molar refractivity (Wildman–Crippen MR) is 53.3 cm³/mol. The van der Waals surface area contributed by atoms with E-state index in [4.69, 9.17) is 5.73 Å². The van der Waals surface area contributed by atoms with Crippen molar-refractivity contribution < 1.29 is 9.90 Å². The summed E-state index contributed by atoms with van der Waals surface area (Å²) < 4.78 is 0. The van der Waals surface area contributed by atoms with Crippen molar-refractivity contribution in [3.8, 4) is 5.75 Å². The highest BCUT2D eigenvalue weighted by Gasteiger charge is 2.13. The Morgan fingerprint density at radius 2 is 2.31 bits per heavy atom. The lowest BCUT2D eigenvalue weighted by atomic mass is 10.1. The number of carbonyl (C=O) groups excluding carboxylic acids is 1. The van der Waals surface area contributed by atoms with Crippen molar-refractivity contribution in [1.29, 1.82) is 0 Å². The fourth-order valence-electron chi connectivity index (χ4n) is 1.07. The van der Waals surface area contributed by atoms with Gasteiger partial charge in [-0.05, 0) is 18.4 Å². The van der Waals surface area contributed by atoms with Crippen LogP contribution in [0.1, 0.15) is 10.4 Å². The van der Waals surface area contributed by atoms with Crippen LogP contribution in [0.25, 0.3) is 0 Å². The van der Waals surface area contributed by atoms with E-state index < -0.39 is 0 Å². The molecule has 0 spiro atoms. The fourth-order valence-corrected chi connectivity index (χ4v) is 1.71. The molecule has 0 unspecified atom stereocenters. The molecule has 3 nitrogen and oxygen atoms in total. The number of nitrogens with two attached hydrogens (primary N) is 1. The smallest absolute Gasteiger partial charge is 0.181 e. The third kappa shape index (κ3) is 2.02. The van der Waals surface area contributed by atoms with E-state index >= 15 is 0 Å². The Morgan fingerprint density at radius 3 is 2.85 bits per heavy atom. The van der Waals surface area contributed by atoms with Gasteiger partial charge in [-0.3, -0.25) is 4.79 Å². The number of carbonyl (C=O) groups is 1. The number of thioether (sulfide) groups is 1. The third-order valence-corrected chi connectivity index (χ3v) is 2.47. The van der Waals surface area contributed by atoms with Gasteiger partial charge in [0.15, 0.2) is 5.78 Å². The molecule has 0 aliphatic rings. The minimum Gasteiger partial charge on any atom is -0.507 e. The molecule has 1 aromatic carbocycles. The first-order valence-corrected chi connectivity index (χ1v) is 5.02. The van der Waals surface area contributed by atoms with Crippen LogP contribution in [0.5, 0.6) is 5.75 Å². The quantitative estimate of drug-likeness (QED) is 0.565. The molecule has 0 radical (unpaired) electrons. The molecule has 0 saturated carbocycles. The molecule has 0 aliphatic heterocycles. The monoisotopic (exact) mass is 197 g/mol. The second-order valence-corrected chi connectivity index (χ2v) is 3.33. The number of hydrogen-bond donors (Lipinski definition) is 2. The molecule has 0 atom stereocenters.